The van der Waals surface area contributed by atoms with E-state index in [0.717, 1.165) is 21.2 Å². The number of carbonyl (C=O) groups excluding carboxylic acids is 2. The molecule has 0 aromatic heterocycles. The molecular weight excluding hydrogens is 547 g/mol. The van der Waals surface area contributed by atoms with Gasteiger partial charge in [-0.15, -0.1) is 0 Å². The number of nitrogens with one attached hydrogen (secondary N) is 1. The number of ether oxygens (including phenoxy) is 1. The second-order valence-electron chi connectivity index (χ2n) is 9.29. The molecule has 0 aliphatic carbocycles. The summed E-state index contributed by atoms with van der Waals surface area (Å²) in [4.78, 5) is 29.7. The lowest BCUT2D eigenvalue weighted by Gasteiger charge is -2.42. The largest absolute Gasteiger partial charge is 0.497 e. The molecule has 4 aromatic carbocycles. The highest BCUT2D eigenvalue weighted by atomic mass is 79.9. The number of aryl methyl sites for hydroxylation is 1. The summed E-state index contributed by atoms with van der Waals surface area (Å²) in [6.45, 7) is 2.14. The van der Waals surface area contributed by atoms with Crippen LogP contribution in [0.1, 0.15) is 44.6 Å². The fourth-order valence-corrected chi connectivity index (χ4v) is 5.46. The fraction of sp³-hybridized carbons (Fsp3) is 0.161. The van der Waals surface area contributed by atoms with Crippen LogP contribution in [0.5, 0.6) is 5.75 Å². The van der Waals surface area contributed by atoms with E-state index in [4.69, 9.17) is 4.74 Å². The molecular formula is C31H26BrFN2O3. The van der Waals surface area contributed by atoms with E-state index in [9.17, 15) is 14.0 Å². The molecule has 1 N–H and O–H groups in total. The molecule has 0 spiro atoms. The molecule has 0 saturated carbocycles. The first kappa shape index (κ1) is 25.7. The molecule has 5 nitrogen and oxygen atoms in total. The predicted octanol–water partition coefficient (Wildman–Crippen LogP) is 7.02. The molecule has 0 fully saturated rings. The standard InChI is InChI=1S/C31H26BrFN2O3/c1-19-17-22(32)11-16-27(19)34-30(36)28-25-5-3-4-6-26(25)31(37)35(18-20-7-12-23(33)13-8-20)29(28)21-9-14-24(38-2)15-10-21/h3-17,28-29H,18H2,1-2H3,(H,34,36). The van der Waals surface area contributed by atoms with Gasteiger partial charge in [0.25, 0.3) is 5.91 Å². The van der Waals surface area contributed by atoms with Crippen molar-refractivity contribution < 1.29 is 18.7 Å². The number of amides is 2. The minimum absolute atomic E-state index is 0.186. The van der Waals surface area contributed by atoms with Gasteiger partial charge in [0.15, 0.2) is 0 Å². The van der Waals surface area contributed by atoms with Crippen LogP contribution >= 0.6 is 15.9 Å². The molecule has 4 aromatic rings. The summed E-state index contributed by atoms with van der Waals surface area (Å²) in [5.74, 6) is -0.776. The van der Waals surface area contributed by atoms with Gasteiger partial charge in [0.05, 0.1) is 19.1 Å². The number of hydrogen-bond donors (Lipinski definition) is 1. The van der Waals surface area contributed by atoms with Crippen LogP contribution in [0, 0.1) is 12.7 Å². The number of halogens is 2. The minimum Gasteiger partial charge on any atom is -0.497 e. The number of carbonyl (C=O) groups is 2. The van der Waals surface area contributed by atoms with Gasteiger partial charge in [0.1, 0.15) is 11.6 Å². The van der Waals surface area contributed by atoms with E-state index < -0.39 is 12.0 Å². The fourth-order valence-electron chi connectivity index (χ4n) is 4.99. The molecule has 0 bridgehead atoms. The van der Waals surface area contributed by atoms with E-state index in [2.05, 4.69) is 21.2 Å². The molecule has 2 atom stereocenters. The molecule has 1 aliphatic heterocycles. The lowest BCUT2D eigenvalue weighted by atomic mass is 9.79. The van der Waals surface area contributed by atoms with Gasteiger partial charge in [-0.3, -0.25) is 9.59 Å². The molecule has 1 aliphatic rings. The number of benzene rings is 4. The Kier molecular flexibility index (Phi) is 7.29. The van der Waals surface area contributed by atoms with Crippen molar-refractivity contribution in [3.8, 4) is 5.75 Å². The molecule has 0 saturated heterocycles. The van der Waals surface area contributed by atoms with Crippen LogP contribution in [-0.4, -0.2) is 23.8 Å². The van der Waals surface area contributed by atoms with Gasteiger partial charge in [0.2, 0.25) is 5.91 Å². The second-order valence-corrected chi connectivity index (χ2v) is 10.2. The van der Waals surface area contributed by atoms with Crippen LogP contribution in [0.25, 0.3) is 0 Å². The van der Waals surface area contributed by atoms with E-state index in [1.165, 1.54) is 12.1 Å². The molecule has 2 unspecified atom stereocenters. The monoisotopic (exact) mass is 572 g/mol. The Labute approximate surface area is 229 Å². The van der Waals surface area contributed by atoms with Crippen molar-refractivity contribution in [3.63, 3.8) is 0 Å². The van der Waals surface area contributed by atoms with Crippen LogP contribution in [0.2, 0.25) is 0 Å². The summed E-state index contributed by atoms with van der Waals surface area (Å²) < 4.78 is 19.9. The summed E-state index contributed by atoms with van der Waals surface area (Å²) in [6.07, 6.45) is 0. The Morgan fingerprint density at radius 1 is 1.00 bits per heavy atom. The van der Waals surface area contributed by atoms with E-state index in [1.807, 2.05) is 61.5 Å². The van der Waals surface area contributed by atoms with Gasteiger partial charge >= 0.3 is 0 Å². The van der Waals surface area contributed by atoms with Gasteiger partial charge in [-0.25, -0.2) is 4.39 Å². The predicted molar refractivity (Wildman–Crippen MR) is 149 cm³/mol. The normalized spacial score (nSPS) is 16.6. The average molecular weight is 573 g/mol. The number of hydrogen-bond acceptors (Lipinski definition) is 3. The number of rotatable bonds is 6. The zero-order valence-corrected chi connectivity index (χ0v) is 22.5. The summed E-state index contributed by atoms with van der Waals surface area (Å²) >= 11 is 3.47. The van der Waals surface area contributed by atoms with E-state index >= 15 is 0 Å². The van der Waals surface area contributed by atoms with Crippen molar-refractivity contribution in [1.29, 1.82) is 0 Å². The quantitative estimate of drug-likeness (QED) is 0.270. The molecule has 7 heteroatoms. The maximum atomic E-state index is 14.1. The van der Waals surface area contributed by atoms with Crippen LogP contribution in [0.15, 0.2) is 95.5 Å². The lowest BCUT2D eigenvalue weighted by molar-refractivity contribution is -0.119. The van der Waals surface area contributed by atoms with Crippen molar-refractivity contribution in [2.75, 3.05) is 12.4 Å². The van der Waals surface area contributed by atoms with Gasteiger partial charge in [0, 0.05) is 22.3 Å². The highest BCUT2D eigenvalue weighted by Crippen LogP contribution is 2.44. The highest BCUT2D eigenvalue weighted by molar-refractivity contribution is 9.10. The second kappa shape index (κ2) is 10.8. The third kappa shape index (κ3) is 5.07. The SMILES string of the molecule is COc1ccc(C2C(C(=O)Nc3ccc(Br)cc3C)c3ccccc3C(=O)N2Cc2ccc(F)cc2)cc1. The van der Waals surface area contributed by atoms with E-state index in [-0.39, 0.29) is 24.2 Å². The number of anilines is 1. The number of nitrogens with zero attached hydrogens (tertiary/aromatic N) is 1. The summed E-state index contributed by atoms with van der Waals surface area (Å²) in [7, 11) is 1.59. The van der Waals surface area contributed by atoms with Crippen molar-refractivity contribution in [2.45, 2.75) is 25.4 Å². The molecule has 0 radical (unpaired) electrons. The van der Waals surface area contributed by atoms with E-state index in [1.54, 1.807) is 36.3 Å². The van der Waals surface area contributed by atoms with Crippen molar-refractivity contribution in [3.05, 3.63) is 129 Å². The molecule has 192 valence electrons. The zero-order valence-electron chi connectivity index (χ0n) is 20.9. The van der Waals surface area contributed by atoms with Crippen LogP contribution in [-0.2, 0) is 11.3 Å². The Morgan fingerprint density at radius 2 is 1.71 bits per heavy atom. The van der Waals surface area contributed by atoms with Crippen molar-refractivity contribution in [2.24, 2.45) is 0 Å². The topological polar surface area (TPSA) is 58.6 Å². The Hall–Kier alpha value is -3.97. The maximum absolute atomic E-state index is 14.1. The first-order valence-corrected chi connectivity index (χ1v) is 13.0. The molecule has 38 heavy (non-hydrogen) atoms. The minimum atomic E-state index is -0.694. The Morgan fingerprint density at radius 3 is 2.39 bits per heavy atom. The first-order chi connectivity index (χ1) is 18.4. The van der Waals surface area contributed by atoms with E-state index in [0.29, 0.717) is 22.6 Å². The van der Waals surface area contributed by atoms with Gasteiger partial charge in [-0.05, 0) is 77.7 Å². The summed E-state index contributed by atoms with van der Waals surface area (Å²) in [6, 6.07) is 25.8. The third-order valence-corrected chi connectivity index (χ3v) is 7.38. The average Bonchev–Trinajstić information content (AvgIpc) is 2.93. The van der Waals surface area contributed by atoms with Crippen LogP contribution in [0.4, 0.5) is 10.1 Å². The van der Waals surface area contributed by atoms with Crippen LogP contribution in [0.3, 0.4) is 0 Å². The first-order valence-electron chi connectivity index (χ1n) is 12.2. The summed E-state index contributed by atoms with van der Waals surface area (Å²) in [5.41, 5.74) is 4.32. The zero-order chi connectivity index (χ0) is 26.8. The third-order valence-electron chi connectivity index (χ3n) is 6.89. The Balaban J connectivity index is 1.64. The van der Waals surface area contributed by atoms with Gasteiger partial charge in [-0.2, -0.15) is 0 Å². The van der Waals surface area contributed by atoms with Crippen molar-refractivity contribution in [1.82, 2.24) is 4.90 Å². The molecule has 5 rings (SSSR count). The van der Waals surface area contributed by atoms with Crippen molar-refractivity contribution >= 4 is 33.4 Å². The molecule has 1 heterocycles. The molecule has 2 amide bonds. The number of methoxy groups -OCH3 is 1. The van der Waals surface area contributed by atoms with Crippen LogP contribution < -0.4 is 10.1 Å². The summed E-state index contributed by atoms with van der Waals surface area (Å²) in [5, 5.41) is 3.11. The number of fused-ring (bicyclic) bond motifs is 1. The van der Waals surface area contributed by atoms with Gasteiger partial charge < -0.3 is 15.0 Å². The lowest BCUT2D eigenvalue weighted by Crippen LogP contribution is -2.45. The maximum Gasteiger partial charge on any atom is 0.255 e. The van der Waals surface area contributed by atoms with Gasteiger partial charge in [-0.1, -0.05) is 58.4 Å². The highest BCUT2D eigenvalue weighted by Gasteiger charge is 2.44. The smallest absolute Gasteiger partial charge is 0.255 e. The Bertz CT molecular complexity index is 1490.